The predicted octanol–water partition coefficient (Wildman–Crippen LogP) is 3.62. The molecule has 1 fully saturated rings. The Labute approximate surface area is 176 Å². The van der Waals surface area contributed by atoms with Gasteiger partial charge in [0.05, 0.1) is 18.8 Å². The monoisotopic (exact) mass is 400 g/mol. The van der Waals surface area contributed by atoms with Crippen molar-refractivity contribution in [2.24, 2.45) is 5.73 Å². The average molecular weight is 400 g/mol. The standard InChI is InChI=1S/C24H24N4O2/c25-15-17-3-7-27-21(11-17)14-22-13-19(4-8-28-22)18-1-2-24(20(12-18)16-26)30-23-5-9-29-10-6-23/h1-4,7-8,11-13,23H,5-6,9-10,14-15,25H2. The van der Waals surface area contributed by atoms with Gasteiger partial charge in [-0.15, -0.1) is 0 Å². The number of benzene rings is 1. The third kappa shape index (κ3) is 4.82. The van der Waals surface area contributed by atoms with Gasteiger partial charge >= 0.3 is 0 Å². The van der Waals surface area contributed by atoms with E-state index in [2.05, 4.69) is 16.0 Å². The fourth-order valence-corrected chi connectivity index (χ4v) is 3.56. The first-order valence-corrected chi connectivity index (χ1v) is 10.1. The van der Waals surface area contributed by atoms with E-state index in [1.165, 1.54) is 0 Å². The molecule has 0 bridgehead atoms. The Bertz CT molecular complexity index is 1060. The zero-order chi connectivity index (χ0) is 20.8. The van der Waals surface area contributed by atoms with Crippen LogP contribution in [0.4, 0.5) is 0 Å². The molecule has 0 aliphatic carbocycles. The van der Waals surface area contributed by atoms with E-state index in [0.29, 0.717) is 37.5 Å². The number of hydrogen-bond donors (Lipinski definition) is 1. The van der Waals surface area contributed by atoms with E-state index in [0.717, 1.165) is 40.9 Å². The molecule has 2 N–H and O–H groups in total. The van der Waals surface area contributed by atoms with Crippen molar-refractivity contribution in [1.82, 2.24) is 9.97 Å². The summed E-state index contributed by atoms with van der Waals surface area (Å²) in [7, 11) is 0. The first kappa shape index (κ1) is 20.0. The Morgan fingerprint density at radius 2 is 1.73 bits per heavy atom. The maximum absolute atomic E-state index is 9.63. The topological polar surface area (TPSA) is 94.1 Å². The van der Waals surface area contributed by atoms with Crippen molar-refractivity contribution in [3.05, 3.63) is 77.4 Å². The summed E-state index contributed by atoms with van der Waals surface area (Å²) in [6.07, 6.45) is 5.98. The summed E-state index contributed by atoms with van der Waals surface area (Å²) in [6.45, 7) is 1.89. The minimum Gasteiger partial charge on any atom is -0.489 e. The summed E-state index contributed by atoms with van der Waals surface area (Å²) in [6, 6.07) is 15.9. The molecule has 0 spiro atoms. The SMILES string of the molecule is N#Cc1cc(-c2ccnc(Cc3cc(CN)ccn3)c2)ccc1OC1CCOCC1. The van der Waals surface area contributed by atoms with Crippen LogP contribution < -0.4 is 10.5 Å². The van der Waals surface area contributed by atoms with Gasteiger partial charge in [0.15, 0.2) is 0 Å². The van der Waals surface area contributed by atoms with Crippen LogP contribution in [-0.4, -0.2) is 29.3 Å². The Balaban J connectivity index is 1.54. The second-order valence-corrected chi connectivity index (χ2v) is 7.32. The van der Waals surface area contributed by atoms with Gasteiger partial charge in [0.25, 0.3) is 0 Å². The van der Waals surface area contributed by atoms with Gasteiger partial charge in [-0.2, -0.15) is 5.26 Å². The minimum absolute atomic E-state index is 0.0982. The van der Waals surface area contributed by atoms with Gasteiger partial charge in [0.1, 0.15) is 17.9 Å². The Kier molecular flexibility index (Phi) is 6.33. The highest BCUT2D eigenvalue weighted by Gasteiger charge is 2.17. The molecule has 0 radical (unpaired) electrons. The molecule has 0 amide bonds. The highest BCUT2D eigenvalue weighted by atomic mass is 16.5. The average Bonchev–Trinajstić information content (AvgIpc) is 2.80. The molecule has 152 valence electrons. The molecule has 4 rings (SSSR count). The lowest BCUT2D eigenvalue weighted by atomic mass is 10.0. The Morgan fingerprint density at radius 3 is 2.50 bits per heavy atom. The molecule has 1 aliphatic heterocycles. The van der Waals surface area contributed by atoms with Crippen molar-refractivity contribution in [3.63, 3.8) is 0 Å². The van der Waals surface area contributed by atoms with E-state index < -0.39 is 0 Å². The molecule has 30 heavy (non-hydrogen) atoms. The van der Waals surface area contributed by atoms with Crippen molar-refractivity contribution in [3.8, 4) is 22.9 Å². The number of nitriles is 1. The van der Waals surface area contributed by atoms with Gasteiger partial charge in [-0.05, 0) is 53.1 Å². The molecule has 2 aromatic heterocycles. The number of rotatable bonds is 6. The molecule has 0 saturated carbocycles. The van der Waals surface area contributed by atoms with Gasteiger partial charge in [0, 0.05) is 49.6 Å². The predicted molar refractivity (Wildman–Crippen MR) is 114 cm³/mol. The molecule has 0 unspecified atom stereocenters. The summed E-state index contributed by atoms with van der Waals surface area (Å²) in [4.78, 5) is 8.90. The van der Waals surface area contributed by atoms with Crippen LogP contribution in [0, 0.1) is 11.3 Å². The molecule has 3 aromatic rings. The molecule has 6 nitrogen and oxygen atoms in total. The highest BCUT2D eigenvalue weighted by molar-refractivity contribution is 5.67. The first-order valence-electron chi connectivity index (χ1n) is 10.1. The molecule has 1 aromatic carbocycles. The number of ether oxygens (including phenoxy) is 2. The van der Waals surface area contributed by atoms with E-state index in [-0.39, 0.29) is 6.10 Å². The van der Waals surface area contributed by atoms with Gasteiger partial charge in [-0.1, -0.05) is 6.07 Å². The van der Waals surface area contributed by atoms with Gasteiger partial charge in [-0.3, -0.25) is 9.97 Å². The number of nitrogens with zero attached hydrogens (tertiary/aromatic N) is 3. The maximum atomic E-state index is 9.63. The van der Waals surface area contributed by atoms with Crippen LogP contribution in [0.1, 0.15) is 35.4 Å². The molecule has 1 aliphatic rings. The number of pyridine rings is 2. The van der Waals surface area contributed by atoms with Crippen molar-refractivity contribution >= 4 is 0 Å². The molecule has 6 heteroatoms. The number of hydrogen-bond acceptors (Lipinski definition) is 6. The van der Waals surface area contributed by atoms with E-state index >= 15 is 0 Å². The van der Waals surface area contributed by atoms with E-state index in [9.17, 15) is 5.26 Å². The second-order valence-electron chi connectivity index (χ2n) is 7.32. The summed E-state index contributed by atoms with van der Waals surface area (Å²) in [5.74, 6) is 0.630. The van der Waals surface area contributed by atoms with Crippen LogP contribution in [0.5, 0.6) is 5.75 Å². The first-order chi connectivity index (χ1) is 14.7. The number of aromatic nitrogens is 2. The normalized spacial score (nSPS) is 14.3. The molecule has 1 saturated heterocycles. The van der Waals surface area contributed by atoms with E-state index in [1.54, 1.807) is 12.4 Å². The van der Waals surface area contributed by atoms with Crippen LogP contribution in [0.2, 0.25) is 0 Å². The Hall–Kier alpha value is -3.27. The highest BCUT2D eigenvalue weighted by Crippen LogP contribution is 2.28. The largest absolute Gasteiger partial charge is 0.489 e. The quantitative estimate of drug-likeness (QED) is 0.679. The zero-order valence-electron chi connectivity index (χ0n) is 16.8. The van der Waals surface area contributed by atoms with Gasteiger partial charge in [-0.25, -0.2) is 0 Å². The van der Waals surface area contributed by atoms with Crippen LogP contribution >= 0.6 is 0 Å². The molecular weight excluding hydrogens is 376 g/mol. The van der Waals surface area contributed by atoms with Crippen LogP contribution in [0.25, 0.3) is 11.1 Å². The lowest BCUT2D eigenvalue weighted by Crippen LogP contribution is -2.26. The summed E-state index contributed by atoms with van der Waals surface area (Å²) >= 11 is 0. The third-order valence-electron chi connectivity index (χ3n) is 5.19. The maximum Gasteiger partial charge on any atom is 0.137 e. The van der Waals surface area contributed by atoms with Crippen LogP contribution in [0.15, 0.2) is 54.9 Å². The van der Waals surface area contributed by atoms with E-state index in [1.807, 2.05) is 42.5 Å². The van der Waals surface area contributed by atoms with E-state index in [4.69, 9.17) is 15.2 Å². The van der Waals surface area contributed by atoms with Crippen LogP contribution in [0.3, 0.4) is 0 Å². The minimum atomic E-state index is 0.0982. The summed E-state index contributed by atoms with van der Waals surface area (Å²) in [5.41, 5.74) is 11.1. The summed E-state index contributed by atoms with van der Waals surface area (Å²) < 4.78 is 11.4. The molecule has 3 heterocycles. The Morgan fingerprint density at radius 1 is 1.00 bits per heavy atom. The fraction of sp³-hybridized carbons (Fsp3) is 0.292. The molecule has 0 atom stereocenters. The molecular formula is C24H24N4O2. The summed E-state index contributed by atoms with van der Waals surface area (Å²) in [5, 5.41) is 9.63. The van der Waals surface area contributed by atoms with Gasteiger partial charge in [0.2, 0.25) is 0 Å². The smallest absolute Gasteiger partial charge is 0.137 e. The van der Waals surface area contributed by atoms with Crippen molar-refractivity contribution in [2.75, 3.05) is 13.2 Å². The van der Waals surface area contributed by atoms with Crippen molar-refractivity contribution in [1.29, 1.82) is 5.26 Å². The lowest BCUT2D eigenvalue weighted by molar-refractivity contribution is 0.0254. The van der Waals surface area contributed by atoms with Crippen LogP contribution in [-0.2, 0) is 17.7 Å². The second kappa shape index (κ2) is 9.49. The number of nitrogens with two attached hydrogens (primary N) is 1. The zero-order valence-corrected chi connectivity index (χ0v) is 16.8. The third-order valence-corrected chi connectivity index (χ3v) is 5.19. The van der Waals surface area contributed by atoms with Crippen molar-refractivity contribution in [2.45, 2.75) is 31.9 Å². The fourth-order valence-electron chi connectivity index (χ4n) is 3.56. The van der Waals surface area contributed by atoms with Crippen molar-refractivity contribution < 1.29 is 9.47 Å². The lowest BCUT2D eigenvalue weighted by Gasteiger charge is -2.23. The van der Waals surface area contributed by atoms with Gasteiger partial charge < -0.3 is 15.2 Å².